The van der Waals surface area contributed by atoms with Gasteiger partial charge in [0.25, 0.3) is 5.95 Å². The van der Waals surface area contributed by atoms with Crippen molar-refractivity contribution in [2.24, 2.45) is 9.98 Å². The molecule has 2 aromatic carbocycles. The van der Waals surface area contributed by atoms with Crippen LogP contribution in [0.1, 0.15) is 16.7 Å². The van der Waals surface area contributed by atoms with E-state index in [-0.39, 0.29) is 0 Å². The highest BCUT2D eigenvalue weighted by molar-refractivity contribution is 6.50. The highest BCUT2D eigenvalue weighted by Crippen LogP contribution is 2.22. The normalized spacial score (nSPS) is 14.8. The Balaban J connectivity index is 1.72. The van der Waals surface area contributed by atoms with Gasteiger partial charge in [0, 0.05) is 10.6 Å². The summed E-state index contributed by atoms with van der Waals surface area (Å²) in [6.45, 7) is 2.62. The van der Waals surface area contributed by atoms with Gasteiger partial charge in [-0.3, -0.25) is 4.99 Å². The Labute approximate surface area is 144 Å². The van der Waals surface area contributed by atoms with E-state index >= 15 is 0 Å². The molecule has 0 aliphatic carbocycles. The Bertz CT molecular complexity index is 954. The van der Waals surface area contributed by atoms with E-state index in [0.29, 0.717) is 23.4 Å². The molecule has 3 aromatic rings. The standard InChI is InChI=1S/C18H14ClN5/c1-12-5-7-13(8-6-12)10-20-17-16(14-3-2-4-15(19)9-14)23-18-21-11-22-24(17)18/h2-9,11H,10H2,1H3. The Morgan fingerprint density at radius 2 is 1.96 bits per heavy atom. The molecule has 0 spiro atoms. The summed E-state index contributed by atoms with van der Waals surface area (Å²) in [5.74, 6) is 1.22. The number of nitrogens with zero attached hydrogens (tertiary/aromatic N) is 5. The molecule has 0 N–H and O–H groups in total. The summed E-state index contributed by atoms with van der Waals surface area (Å²) in [4.78, 5) is 13.4. The Morgan fingerprint density at radius 3 is 2.75 bits per heavy atom. The van der Waals surface area contributed by atoms with Gasteiger partial charge < -0.3 is 0 Å². The lowest BCUT2D eigenvalue weighted by atomic mass is 10.1. The van der Waals surface area contributed by atoms with Gasteiger partial charge in [0.05, 0.1) is 6.54 Å². The lowest BCUT2D eigenvalue weighted by molar-refractivity contribution is 0.932. The van der Waals surface area contributed by atoms with Gasteiger partial charge in [-0.1, -0.05) is 53.6 Å². The van der Waals surface area contributed by atoms with Crippen LogP contribution in [0.15, 0.2) is 64.8 Å². The van der Waals surface area contributed by atoms with Crippen molar-refractivity contribution in [3.8, 4) is 0 Å². The van der Waals surface area contributed by atoms with Crippen LogP contribution in [0.25, 0.3) is 0 Å². The first kappa shape index (κ1) is 14.8. The minimum Gasteiger partial charge on any atom is -0.260 e. The summed E-state index contributed by atoms with van der Waals surface area (Å²) in [5.41, 5.74) is 4.00. The Hall–Kier alpha value is -2.79. The number of benzene rings is 2. The van der Waals surface area contributed by atoms with Crippen LogP contribution in [0.2, 0.25) is 5.02 Å². The highest BCUT2D eigenvalue weighted by Gasteiger charge is 2.25. The number of halogens is 1. The fourth-order valence-corrected chi connectivity index (χ4v) is 2.73. The maximum Gasteiger partial charge on any atom is 0.254 e. The molecule has 0 unspecified atom stereocenters. The first-order chi connectivity index (χ1) is 11.7. The van der Waals surface area contributed by atoms with Crippen molar-refractivity contribution >= 4 is 29.1 Å². The summed E-state index contributed by atoms with van der Waals surface area (Å²) >= 11 is 6.11. The van der Waals surface area contributed by atoms with E-state index in [1.165, 1.54) is 11.9 Å². The molecular formula is C18H14ClN5. The molecule has 0 saturated carbocycles. The lowest BCUT2D eigenvalue weighted by Crippen LogP contribution is -2.20. The van der Waals surface area contributed by atoms with Crippen LogP contribution >= 0.6 is 11.6 Å². The van der Waals surface area contributed by atoms with E-state index in [2.05, 4.69) is 46.3 Å². The third kappa shape index (κ3) is 2.74. The van der Waals surface area contributed by atoms with Gasteiger partial charge >= 0.3 is 0 Å². The predicted molar refractivity (Wildman–Crippen MR) is 95.4 cm³/mol. The summed E-state index contributed by atoms with van der Waals surface area (Å²) in [7, 11) is 0. The molecule has 0 saturated heterocycles. The van der Waals surface area contributed by atoms with Crippen LogP contribution in [-0.4, -0.2) is 26.3 Å². The minimum absolute atomic E-state index is 0.535. The van der Waals surface area contributed by atoms with Crippen molar-refractivity contribution in [3.63, 3.8) is 0 Å². The molecular weight excluding hydrogens is 322 g/mol. The zero-order chi connectivity index (χ0) is 16.5. The quantitative estimate of drug-likeness (QED) is 0.730. The van der Waals surface area contributed by atoms with Crippen LogP contribution in [0.5, 0.6) is 0 Å². The van der Waals surface area contributed by atoms with Gasteiger partial charge in [-0.25, -0.2) is 4.99 Å². The monoisotopic (exact) mass is 335 g/mol. The molecule has 6 heteroatoms. The Kier molecular flexibility index (Phi) is 3.70. The van der Waals surface area contributed by atoms with Crippen LogP contribution in [0.3, 0.4) is 0 Å². The van der Waals surface area contributed by atoms with E-state index in [1.54, 1.807) is 4.68 Å². The topological polar surface area (TPSA) is 55.4 Å². The van der Waals surface area contributed by atoms with E-state index < -0.39 is 0 Å². The zero-order valence-electron chi connectivity index (χ0n) is 13.0. The molecule has 0 radical (unpaired) electrons. The van der Waals surface area contributed by atoms with Crippen molar-refractivity contribution in [3.05, 3.63) is 76.6 Å². The molecule has 24 heavy (non-hydrogen) atoms. The first-order valence-electron chi connectivity index (χ1n) is 7.56. The van der Waals surface area contributed by atoms with Crippen molar-refractivity contribution < 1.29 is 0 Å². The summed E-state index contributed by atoms with van der Waals surface area (Å²) in [6, 6.07) is 15.9. The number of aromatic nitrogens is 3. The molecule has 1 aliphatic rings. The highest BCUT2D eigenvalue weighted by atomic mass is 35.5. The molecule has 4 rings (SSSR count). The minimum atomic E-state index is 0.535. The van der Waals surface area contributed by atoms with Crippen LogP contribution in [-0.2, 0) is 6.54 Å². The van der Waals surface area contributed by atoms with Crippen molar-refractivity contribution in [2.75, 3.05) is 0 Å². The van der Waals surface area contributed by atoms with Gasteiger partial charge in [-0.15, -0.1) is 0 Å². The van der Waals surface area contributed by atoms with Crippen LogP contribution < -0.4 is 0 Å². The molecule has 1 aromatic heterocycles. The maximum atomic E-state index is 6.11. The second kappa shape index (κ2) is 6.02. The second-order valence-corrected chi connectivity index (χ2v) is 6.00. The van der Waals surface area contributed by atoms with Gasteiger partial charge in [0.2, 0.25) is 0 Å². The largest absolute Gasteiger partial charge is 0.260 e. The van der Waals surface area contributed by atoms with Crippen molar-refractivity contribution in [2.45, 2.75) is 13.5 Å². The molecule has 2 heterocycles. The van der Waals surface area contributed by atoms with Gasteiger partial charge in [-0.2, -0.15) is 14.8 Å². The van der Waals surface area contributed by atoms with E-state index in [1.807, 2.05) is 24.3 Å². The molecule has 0 atom stereocenters. The number of aliphatic imine (C=N–C) groups is 2. The third-order valence-electron chi connectivity index (χ3n) is 3.78. The zero-order valence-corrected chi connectivity index (χ0v) is 13.8. The Morgan fingerprint density at radius 1 is 1.12 bits per heavy atom. The van der Waals surface area contributed by atoms with Gasteiger partial charge in [0.15, 0.2) is 5.84 Å². The van der Waals surface area contributed by atoms with Crippen LogP contribution in [0, 0.1) is 6.92 Å². The fourth-order valence-electron chi connectivity index (χ4n) is 2.54. The average molecular weight is 336 g/mol. The molecule has 0 bridgehead atoms. The van der Waals surface area contributed by atoms with E-state index in [0.717, 1.165) is 16.8 Å². The number of rotatable bonds is 3. The smallest absolute Gasteiger partial charge is 0.254 e. The SMILES string of the molecule is Cc1ccc(CN=C2C(c3cccc(Cl)c3)=Nc3ncnn32)cc1. The van der Waals surface area contributed by atoms with Crippen LogP contribution in [0.4, 0.5) is 5.95 Å². The number of aryl methyl sites for hydroxylation is 1. The predicted octanol–water partition coefficient (Wildman–Crippen LogP) is 3.82. The van der Waals surface area contributed by atoms with Crippen molar-refractivity contribution in [1.82, 2.24) is 14.8 Å². The summed E-state index contributed by atoms with van der Waals surface area (Å²) in [5, 5.41) is 4.89. The number of fused-ring (bicyclic) bond motifs is 1. The van der Waals surface area contributed by atoms with E-state index in [9.17, 15) is 0 Å². The molecule has 1 aliphatic heterocycles. The average Bonchev–Trinajstić information content (AvgIpc) is 3.16. The summed E-state index contributed by atoms with van der Waals surface area (Å²) in [6.07, 6.45) is 1.48. The molecule has 5 nitrogen and oxygen atoms in total. The first-order valence-corrected chi connectivity index (χ1v) is 7.94. The second-order valence-electron chi connectivity index (χ2n) is 5.57. The number of hydrogen-bond donors (Lipinski definition) is 0. The molecule has 118 valence electrons. The van der Waals surface area contributed by atoms with Crippen molar-refractivity contribution in [1.29, 1.82) is 0 Å². The molecule has 0 amide bonds. The molecule has 0 fully saturated rings. The van der Waals surface area contributed by atoms with E-state index in [4.69, 9.17) is 16.6 Å². The summed E-state index contributed by atoms with van der Waals surface area (Å²) < 4.78 is 1.66. The van der Waals surface area contributed by atoms with Gasteiger partial charge in [-0.05, 0) is 24.6 Å². The number of hydrogen-bond acceptors (Lipinski definition) is 4. The van der Waals surface area contributed by atoms with Gasteiger partial charge in [0.1, 0.15) is 12.0 Å². The third-order valence-corrected chi connectivity index (χ3v) is 4.02. The maximum absolute atomic E-state index is 6.11. The lowest BCUT2D eigenvalue weighted by Gasteiger charge is -2.05. The fraction of sp³-hybridized carbons (Fsp3) is 0.111.